The van der Waals surface area contributed by atoms with Gasteiger partial charge in [0.15, 0.2) is 0 Å². The number of nitrogens with zero attached hydrogens (tertiary/aromatic N) is 1. The van der Waals surface area contributed by atoms with Gasteiger partial charge in [-0.3, -0.25) is 4.79 Å². The molecule has 0 aromatic heterocycles. The van der Waals surface area contributed by atoms with Crippen LogP contribution in [-0.4, -0.2) is 46.3 Å². The van der Waals surface area contributed by atoms with Crippen molar-refractivity contribution in [2.24, 2.45) is 23.7 Å². The van der Waals surface area contributed by atoms with Gasteiger partial charge >= 0.3 is 0 Å². The highest BCUT2D eigenvalue weighted by Gasteiger charge is 2.61. The Morgan fingerprint density at radius 1 is 1.04 bits per heavy atom. The summed E-state index contributed by atoms with van der Waals surface area (Å²) in [7, 11) is 0. The summed E-state index contributed by atoms with van der Waals surface area (Å²) >= 11 is 0. The first-order chi connectivity index (χ1) is 13.4. The Balaban J connectivity index is 1.51. The fraction of sp³-hybridized carbons (Fsp3) is 0.708. The van der Waals surface area contributed by atoms with E-state index in [4.69, 9.17) is 0 Å². The van der Waals surface area contributed by atoms with E-state index in [0.717, 1.165) is 25.7 Å². The SMILES string of the molecule is CC(C)c1ccc(C2(CC(=O)N3CC(O)C3)C3CC4CC2CC(C3)C4O)cc1. The minimum absolute atomic E-state index is 0.0969. The van der Waals surface area contributed by atoms with Crippen LogP contribution < -0.4 is 0 Å². The molecule has 152 valence electrons. The summed E-state index contributed by atoms with van der Waals surface area (Å²) in [4.78, 5) is 15.0. The average molecular weight is 384 g/mol. The van der Waals surface area contributed by atoms with Crippen LogP contribution >= 0.6 is 0 Å². The van der Waals surface area contributed by atoms with E-state index >= 15 is 0 Å². The molecule has 0 atom stereocenters. The van der Waals surface area contributed by atoms with E-state index in [-0.39, 0.29) is 23.5 Å². The van der Waals surface area contributed by atoms with Gasteiger partial charge in [0.1, 0.15) is 0 Å². The molecule has 2 N–H and O–H groups in total. The fourth-order valence-corrected chi connectivity index (χ4v) is 7.03. The Morgan fingerprint density at radius 2 is 1.57 bits per heavy atom. The topological polar surface area (TPSA) is 60.8 Å². The summed E-state index contributed by atoms with van der Waals surface area (Å²) in [6.45, 7) is 5.41. The molecule has 1 heterocycles. The molecule has 5 fully saturated rings. The molecule has 4 aliphatic carbocycles. The zero-order chi connectivity index (χ0) is 19.6. The van der Waals surface area contributed by atoms with Gasteiger partial charge in [0.2, 0.25) is 5.91 Å². The van der Waals surface area contributed by atoms with E-state index in [1.807, 2.05) is 4.90 Å². The number of amides is 1. The van der Waals surface area contributed by atoms with Gasteiger partial charge in [-0.1, -0.05) is 38.1 Å². The molecular weight excluding hydrogens is 350 g/mol. The van der Waals surface area contributed by atoms with Crippen LogP contribution in [0.15, 0.2) is 24.3 Å². The molecule has 4 saturated carbocycles. The standard InChI is InChI=1S/C24H33NO3/c1-14(2)15-3-5-18(6-4-15)24(11-22(27)25-12-21(26)13-25)19-7-16-8-20(24)10-17(9-19)23(16)28/h3-6,14,16-17,19-21,23,26,28H,7-13H2,1-2H3. The Kier molecular flexibility index (Phi) is 4.37. The highest BCUT2D eigenvalue weighted by Crippen LogP contribution is 2.64. The summed E-state index contributed by atoms with van der Waals surface area (Å²) in [5.41, 5.74) is 2.57. The monoisotopic (exact) mass is 383 g/mol. The van der Waals surface area contributed by atoms with Crippen LogP contribution in [0.3, 0.4) is 0 Å². The van der Waals surface area contributed by atoms with Crippen LogP contribution in [0.4, 0.5) is 0 Å². The Bertz CT molecular complexity index is 720. The maximum atomic E-state index is 13.1. The molecule has 28 heavy (non-hydrogen) atoms. The van der Waals surface area contributed by atoms with Crippen LogP contribution in [0.5, 0.6) is 0 Å². The van der Waals surface area contributed by atoms with E-state index in [9.17, 15) is 15.0 Å². The van der Waals surface area contributed by atoms with Crippen LogP contribution in [-0.2, 0) is 10.2 Å². The number of carbonyl (C=O) groups excluding carboxylic acids is 1. The number of rotatable bonds is 4. The lowest BCUT2D eigenvalue weighted by atomic mass is 9.42. The Morgan fingerprint density at radius 3 is 2.04 bits per heavy atom. The molecule has 0 spiro atoms. The minimum Gasteiger partial charge on any atom is -0.393 e. The first-order valence-corrected chi connectivity index (χ1v) is 11.1. The van der Waals surface area contributed by atoms with Crippen molar-refractivity contribution in [2.45, 2.75) is 69.5 Å². The van der Waals surface area contributed by atoms with Crippen molar-refractivity contribution in [3.8, 4) is 0 Å². The van der Waals surface area contributed by atoms with E-state index in [1.54, 1.807) is 0 Å². The number of carbonyl (C=O) groups is 1. The first kappa shape index (κ1) is 18.6. The second-order valence-electron chi connectivity index (χ2n) is 10.3. The van der Waals surface area contributed by atoms with Crippen molar-refractivity contribution in [2.75, 3.05) is 13.1 Å². The molecule has 5 aliphatic rings. The Labute approximate surface area is 167 Å². The quantitative estimate of drug-likeness (QED) is 0.840. The third kappa shape index (κ3) is 2.68. The van der Waals surface area contributed by atoms with Gasteiger partial charge in [-0.25, -0.2) is 0 Å². The van der Waals surface area contributed by atoms with E-state index < -0.39 is 0 Å². The molecule has 1 aliphatic heterocycles. The molecule has 1 aromatic rings. The van der Waals surface area contributed by atoms with Crippen LogP contribution in [0.2, 0.25) is 0 Å². The van der Waals surface area contributed by atoms with Gasteiger partial charge in [0.25, 0.3) is 0 Å². The van der Waals surface area contributed by atoms with Crippen molar-refractivity contribution < 1.29 is 15.0 Å². The van der Waals surface area contributed by atoms with E-state index in [2.05, 4.69) is 38.1 Å². The summed E-state index contributed by atoms with van der Waals surface area (Å²) < 4.78 is 0. The van der Waals surface area contributed by atoms with Crippen molar-refractivity contribution in [3.05, 3.63) is 35.4 Å². The van der Waals surface area contributed by atoms with Crippen molar-refractivity contribution in [1.82, 2.24) is 4.90 Å². The van der Waals surface area contributed by atoms with Crippen molar-refractivity contribution in [1.29, 1.82) is 0 Å². The van der Waals surface area contributed by atoms with E-state index in [0.29, 0.717) is 49.1 Å². The molecule has 1 saturated heterocycles. The van der Waals surface area contributed by atoms with Gasteiger partial charge in [-0.2, -0.15) is 0 Å². The predicted octanol–water partition coefficient (Wildman–Crippen LogP) is 3.07. The third-order valence-electron chi connectivity index (χ3n) is 8.55. The maximum absolute atomic E-state index is 13.1. The zero-order valence-electron chi connectivity index (χ0n) is 17.1. The highest BCUT2D eigenvalue weighted by molar-refractivity contribution is 5.79. The van der Waals surface area contributed by atoms with E-state index in [1.165, 1.54) is 11.1 Å². The van der Waals surface area contributed by atoms with Crippen molar-refractivity contribution in [3.63, 3.8) is 0 Å². The van der Waals surface area contributed by atoms with Gasteiger partial charge in [-0.05, 0) is 66.4 Å². The van der Waals surface area contributed by atoms with Gasteiger partial charge in [-0.15, -0.1) is 0 Å². The molecule has 0 unspecified atom stereocenters. The van der Waals surface area contributed by atoms with Crippen LogP contribution in [0.1, 0.15) is 63.0 Å². The summed E-state index contributed by atoms with van der Waals surface area (Å²) in [5.74, 6) is 2.52. The third-order valence-corrected chi connectivity index (χ3v) is 8.55. The minimum atomic E-state index is -0.348. The number of hydrogen-bond donors (Lipinski definition) is 2. The highest BCUT2D eigenvalue weighted by atomic mass is 16.3. The number of benzene rings is 1. The summed E-state index contributed by atoms with van der Waals surface area (Å²) in [6.07, 6.45) is 4.29. The molecule has 6 rings (SSSR count). The molecule has 4 heteroatoms. The molecular formula is C24H33NO3. The average Bonchev–Trinajstić information content (AvgIpc) is 2.63. The number of β-amino-alcohol motifs (C(OH)–C–C–N with tert-alkyl or cyclic N) is 1. The number of aliphatic hydroxyl groups excluding tert-OH is 2. The predicted molar refractivity (Wildman–Crippen MR) is 108 cm³/mol. The second kappa shape index (κ2) is 6.56. The zero-order valence-corrected chi connectivity index (χ0v) is 17.1. The number of aliphatic hydroxyl groups is 2. The summed E-state index contributed by atoms with van der Waals surface area (Å²) in [5, 5.41) is 20.3. The largest absolute Gasteiger partial charge is 0.393 e. The smallest absolute Gasteiger partial charge is 0.223 e. The molecule has 1 amide bonds. The normalized spacial score (nSPS) is 39.5. The lowest BCUT2D eigenvalue weighted by Crippen LogP contribution is -2.62. The summed E-state index contributed by atoms with van der Waals surface area (Å²) in [6, 6.07) is 9.07. The van der Waals surface area contributed by atoms with Crippen molar-refractivity contribution >= 4 is 5.91 Å². The van der Waals surface area contributed by atoms with Crippen LogP contribution in [0, 0.1) is 23.7 Å². The first-order valence-electron chi connectivity index (χ1n) is 11.1. The molecule has 4 nitrogen and oxygen atoms in total. The lowest BCUT2D eigenvalue weighted by Gasteiger charge is -2.63. The number of likely N-dealkylation sites (tertiary alicyclic amines) is 1. The second-order valence-corrected chi connectivity index (χ2v) is 10.3. The number of hydrogen-bond acceptors (Lipinski definition) is 3. The fourth-order valence-electron chi connectivity index (χ4n) is 7.03. The molecule has 4 bridgehead atoms. The molecule has 1 aromatic carbocycles. The van der Waals surface area contributed by atoms with Gasteiger partial charge in [0, 0.05) is 24.9 Å². The van der Waals surface area contributed by atoms with Gasteiger partial charge < -0.3 is 15.1 Å². The molecule has 0 radical (unpaired) electrons. The lowest BCUT2D eigenvalue weighted by molar-refractivity contribution is -0.158. The van der Waals surface area contributed by atoms with Crippen LogP contribution in [0.25, 0.3) is 0 Å². The Hall–Kier alpha value is -1.39. The van der Waals surface area contributed by atoms with Gasteiger partial charge in [0.05, 0.1) is 12.2 Å². The maximum Gasteiger partial charge on any atom is 0.223 e.